The van der Waals surface area contributed by atoms with Crippen molar-refractivity contribution in [1.82, 2.24) is 9.97 Å². The van der Waals surface area contributed by atoms with E-state index in [1.807, 2.05) is 12.1 Å². The largest absolute Gasteiger partial charge is 0.476 e. The van der Waals surface area contributed by atoms with Gasteiger partial charge in [0, 0.05) is 16.0 Å². The minimum absolute atomic E-state index is 0.0128. The van der Waals surface area contributed by atoms with Gasteiger partial charge < -0.3 is 9.84 Å². The lowest BCUT2D eigenvalue weighted by atomic mass is 10.3. The number of ether oxygens (including phenoxy) is 1. The molecule has 86 valence electrons. The number of aromatic nitrogens is 2. The molecule has 0 fully saturated rings. The van der Waals surface area contributed by atoms with Crippen molar-refractivity contribution in [1.29, 1.82) is 0 Å². The molecule has 2 aromatic rings. The molecule has 1 heterocycles. The predicted molar refractivity (Wildman–Crippen MR) is 68.2 cm³/mol. The highest BCUT2D eigenvalue weighted by Gasteiger charge is 2.14. The molecule has 0 unspecified atom stereocenters. The van der Waals surface area contributed by atoms with Gasteiger partial charge in [-0.1, -0.05) is 0 Å². The fourth-order valence-electron chi connectivity index (χ4n) is 1.16. The SMILES string of the molecule is O=C(O)c1nccnc1Oc1ccc(I)cc1. The van der Waals surface area contributed by atoms with Crippen LogP contribution in [-0.4, -0.2) is 21.0 Å². The zero-order valence-electron chi connectivity index (χ0n) is 8.50. The van der Waals surface area contributed by atoms with E-state index in [0.717, 1.165) is 3.57 Å². The maximum atomic E-state index is 10.9. The van der Waals surface area contributed by atoms with Crippen LogP contribution in [0.2, 0.25) is 0 Å². The molecule has 17 heavy (non-hydrogen) atoms. The molecular formula is C11H7IN2O3. The Labute approximate surface area is 111 Å². The second kappa shape index (κ2) is 5.09. The lowest BCUT2D eigenvalue weighted by Crippen LogP contribution is -2.04. The Morgan fingerprint density at radius 3 is 2.47 bits per heavy atom. The molecule has 0 saturated heterocycles. The summed E-state index contributed by atoms with van der Waals surface area (Å²) in [4.78, 5) is 18.4. The third-order valence-corrected chi connectivity index (χ3v) is 2.61. The summed E-state index contributed by atoms with van der Waals surface area (Å²) in [7, 11) is 0. The number of halogens is 1. The Morgan fingerprint density at radius 2 is 1.82 bits per heavy atom. The number of nitrogens with zero attached hydrogens (tertiary/aromatic N) is 2. The van der Waals surface area contributed by atoms with Gasteiger partial charge in [-0.25, -0.2) is 14.8 Å². The average molecular weight is 342 g/mol. The molecule has 0 aliphatic carbocycles. The molecule has 0 spiro atoms. The Morgan fingerprint density at radius 1 is 1.18 bits per heavy atom. The summed E-state index contributed by atoms with van der Waals surface area (Å²) in [5, 5.41) is 8.90. The van der Waals surface area contributed by atoms with Gasteiger partial charge in [0.15, 0.2) is 0 Å². The first kappa shape index (κ1) is 11.8. The van der Waals surface area contributed by atoms with E-state index in [1.165, 1.54) is 12.4 Å². The van der Waals surface area contributed by atoms with Gasteiger partial charge in [0.05, 0.1) is 0 Å². The van der Waals surface area contributed by atoms with E-state index >= 15 is 0 Å². The highest BCUT2D eigenvalue weighted by atomic mass is 127. The van der Waals surface area contributed by atoms with Crippen LogP contribution in [0.25, 0.3) is 0 Å². The summed E-state index contributed by atoms with van der Waals surface area (Å²) in [6, 6.07) is 7.18. The number of hydrogen-bond donors (Lipinski definition) is 1. The second-order valence-electron chi connectivity index (χ2n) is 3.07. The molecule has 6 heteroatoms. The van der Waals surface area contributed by atoms with Gasteiger partial charge in [-0.15, -0.1) is 0 Å². The fourth-order valence-corrected chi connectivity index (χ4v) is 1.52. The first-order valence-electron chi connectivity index (χ1n) is 4.64. The van der Waals surface area contributed by atoms with Crippen molar-refractivity contribution in [2.45, 2.75) is 0 Å². The van der Waals surface area contributed by atoms with Crippen LogP contribution in [-0.2, 0) is 0 Å². The van der Waals surface area contributed by atoms with Gasteiger partial charge in [-0.2, -0.15) is 0 Å². The Bertz CT molecular complexity index is 543. The summed E-state index contributed by atoms with van der Waals surface area (Å²) in [5.74, 6) is -0.659. The predicted octanol–water partition coefficient (Wildman–Crippen LogP) is 2.57. The Balaban J connectivity index is 2.30. The van der Waals surface area contributed by atoms with Crippen LogP contribution in [0, 0.1) is 3.57 Å². The summed E-state index contributed by atoms with van der Waals surface area (Å²) in [6.45, 7) is 0. The maximum Gasteiger partial charge on any atom is 0.360 e. The minimum atomic E-state index is -1.17. The van der Waals surface area contributed by atoms with Crippen LogP contribution >= 0.6 is 22.6 Å². The van der Waals surface area contributed by atoms with Gasteiger partial charge in [0.2, 0.25) is 5.69 Å². The Hall–Kier alpha value is -1.70. The summed E-state index contributed by atoms with van der Waals surface area (Å²) < 4.78 is 6.43. The van der Waals surface area contributed by atoms with Crippen LogP contribution in [0.4, 0.5) is 0 Å². The van der Waals surface area contributed by atoms with Crippen molar-refractivity contribution < 1.29 is 14.6 Å². The molecule has 0 saturated carbocycles. The highest BCUT2D eigenvalue weighted by molar-refractivity contribution is 14.1. The molecule has 0 amide bonds. The quantitative estimate of drug-likeness (QED) is 0.868. The number of carboxylic acid groups (broad SMARTS) is 1. The lowest BCUT2D eigenvalue weighted by molar-refractivity contribution is 0.0686. The van der Waals surface area contributed by atoms with E-state index in [1.54, 1.807) is 12.1 Å². The van der Waals surface area contributed by atoms with Gasteiger partial charge in [-0.05, 0) is 46.9 Å². The van der Waals surface area contributed by atoms with Crippen molar-refractivity contribution in [2.24, 2.45) is 0 Å². The van der Waals surface area contributed by atoms with Gasteiger partial charge >= 0.3 is 5.97 Å². The first-order valence-corrected chi connectivity index (χ1v) is 5.72. The second-order valence-corrected chi connectivity index (χ2v) is 4.32. The fraction of sp³-hybridized carbons (Fsp3) is 0. The van der Waals surface area contributed by atoms with E-state index in [-0.39, 0.29) is 11.6 Å². The molecule has 0 bridgehead atoms. The van der Waals surface area contributed by atoms with Crippen molar-refractivity contribution in [2.75, 3.05) is 0 Å². The molecule has 1 N–H and O–H groups in total. The van der Waals surface area contributed by atoms with Crippen LogP contribution in [0.15, 0.2) is 36.7 Å². The molecular weight excluding hydrogens is 335 g/mol. The topological polar surface area (TPSA) is 72.3 Å². The monoisotopic (exact) mass is 342 g/mol. The molecule has 0 atom stereocenters. The van der Waals surface area contributed by atoms with Gasteiger partial charge in [-0.3, -0.25) is 0 Å². The summed E-state index contributed by atoms with van der Waals surface area (Å²) in [6.07, 6.45) is 2.69. The van der Waals surface area contributed by atoms with Crippen LogP contribution < -0.4 is 4.74 Å². The zero-order valence-corrected chi connectivity index (χ0v) is 10.7. The number of carbonyl (C=O) groups is 1. The van der Waals surface area contributed by atoms with Gasteiger partial charge in [0.25, 0.3) is 5.88 Å². The van der Waals surface area contributed by atoms with Crippen molar-refractivity contribution in [3.05, 3.63) is 45.9 Å². The van der Waals surface area contributed by atoms with E-state index < -0.39 is 5.97 Å². The molecule has 0 radical (unpaired) electrons. The standard InChI is InChI=1S/C11H7IN2O3/c12-7-1-3-8(4-2-7)17-10-9(11(15)16)13-5-6-14-10/h1-6H,(H,15,16). The van der Waals surface area contributed by atoms with E-state index in [4.69, 9.17) is 9.84 Å². The smallest absolute Gasteiger partial charge is 0.360 e. The maximum absolute atomic E-state index is 10.9. The number of carboxylic acids is 1. The molecule has 0 aliphatic rings. The van der Waals surface area contributed by atoms with Crippen LogP contribution in [0.3, 0.4) is 0 Å². The minimum Gasteiger partial charge on any atom is -0.476 e. The van der Waals surface area contributed by atoms with Crippen molar-refractivity contribution in [3.8, 4) is 11.6 Å². The van der Waals surface area contributed by atoms with E-state index in [9.17, 15) is 4.79 Å². The molecule has 1 aromatic heterocycles. The first-order chi connectivity index (χ1) is 8.16. The van der Waals surface area contributed by atoms with Crippen LogP contribution in [0.5, 0.6) is 11.6 Å². The number of aromatic carboxylic acids is 1. The highest BCUT2D eigenvalue weighted by Crippen LogP contribution is 2.22. The zero-order chi connectivity index (χ0) is 12.3. The molecule has 1 aromatic carbocycles. The van der Waals surface area contributed by atoms with Crippen LogP contribution in [0.1, 0.15) is 10.5 Å². The molecule has 2 rings (SSSR count). The van der Waals surface area contributed by atoms with Crippen molar-refractivity contribution >= 4 is 28.6 Å². The van der Waals surface area contributed by atoms with E-state index in [2.05, 4.69) is 32.6 Å². The number of hydrogen-bond acceptors (Lipinski definition) is 4. The van der Waals surface area contributed by atoms with E-state index in [0.29, 0.717) is 5.75 Å². The number of benzene rings is 1. The lowest BCUT2D eigenvalue weighted by Gasteiger charge is -2.06. The normalized spacial score (nSPS) is 9.94. The molecule has 5 nitrogen and oxygen atoms in total. The molecule has 0 aliphatic heterocycles. The third-order valence-electron chi connectivity index (χ3n) is 1.90. The summed E-state index contributed by atoms with van der Waals surface area (Å²) >= 11 is 2.17. The van der Waals surface area contributed by atoms with Crippen molar-refractivity contribution in [3.63, 3.8) is 0 Å². The van der Waals surface area contributed by atoms with Gasteiger partial charge in [0.1, 0.15) is 5.75 Å². The average Bonchev–Trinajstić information content (AvgIpc) is 2.32. The summed E-state index contributed by atoms with van der Waals surface area (Å²) in [5.41, 5.74) is -0.203. The third kappa shape index (κ3) is 2.90. The Kier molecular flexibility index (Phi) is 3.52. The number of rotatable bonds is 3.